The Morgan fingerprint density at radius 3 is 2.46 bits per heavy atom. The monoisotopic (exact) mass is 339 g/mol. The van der Waals surface area contributed by atoms with Gasteiger partial charge in [0, 0.05) is 12.6 Å². The lowest BCUT2D eigenvalue weighted by molar-refractivity contribution is -0.396. The average molecular weight is 339 g/mol. The number of nitrogens with zero attached hydrogens (tertiary/aromatic N) is 3. The topological polar surface area (TPSA) is 142 Å². The van der Waals surface area contributed by atoms with E-state index < -0.39 is 38.9 Å². The first-order chi connectivity index (χ1) is 11.4. The van der Waals surface area contributed by atoms with Gasteiger partial charge in [-0.1, -0.05) is 0 Å². The SMILES string of the molecule is COC(=O)C1CCN(C=O)c2cc([N+](=O)[O-])c(OC)c([N+](=O)[O-])c21. The normalized spacial score (nSPS) is 16.1. The van der Waals surface area contributed by atoms with Crippen molar-refractivity contribution in [2.45, 2.75) is 12.3 Å². The lowest BCUT2D eigenvalue weighted by Gasteiger charge is -2.30. The quantitative estimate of drug-likeness (QED) is 0.336. The number of methoxy groups -OCH3 is 2. The van der Waals surface area contributed by atoms with E-state index in [1.807, 2.05) is 0 Å². The van der Waals surface area contributed by atoms with Crippen molar-refractivity contribution in [1.29, 1.82) is 0 Å². The van der Waals surface area contributed by atoms with E-state index in [2.05, 4.69) is 4.74 Å². The first kappa shape index (κ1) is 17.1. The summed E-state index contributed by atoms with van der Waals surface area (Å²) in [5.74, 6) is -2.34. The molecular weight excluding hydrogens is 326 g/mol. The second-order valence-electron chi connectivity index (χ2n) is 4.89. The van der Waals surface area contributed by atoms with Crippen LogP contribution in [0.2, 0.25) is 0 Å². The van der Waals surface area contributed by atoms with E-state index >= 15 is 0 Å². The van der Waals surface area contributed by atoms with Crippen LogP contribution >= 0.6 is 0 Å². The molecule has 1 atom stereocenters. The summed E-state index contributed by atoms with van der Waals surface area (Å²) in [7, 11) is 2.18. The van der Waals surface area contributed by atoms with Crippen LogP contribution in [0.4, 0.5) is 17.1 Å². The number of ether oxygens (including phenoxy) is 2. The van der Waals surface area contributed by atoms with Crippen molar-refractivity contribution in [3.63, 3.8) is 0 Å². The number of nitro groups is 2. The van der Waals surface area contributed by atoms with Crippen molar-refractivity contribution < 1.29 is 28.9 Å². The molecule has 11 heteroatoms. The van der Waals surface area contributed by atoms with E-state index in [0.717, 1.165) is 25.2 Å². The molecule has 11 nitrogen and oxygen atoms in total. The van der Waals surface area contributed by atoms with Crippen molar-refractivity contribution in [2.24, 2.45) is 0 Å². The molecule has 24 heavy (non-hydrogen) atoms. The summed E-state index contributed by atoms with van der Waals surface area (Å²) in [6.45, 7) is 0.0664. The zero-order valence-electron chi connectivity index (χ0n) is 12.8. The molecule has 0 N–H and O–H groups in total. The fourth-order valence-corrected chi connectivity index (χ4v) is 2.76. The third-order valence-corrected chi connectivity index (χ3v) is 3.77. The molecule has 1 aromatic rings. The number of hydrogen-bond donors (Lipinski definition) is 0. The maximum atomic E-state index is 12.0. The van der Waals surface area contributed by atoms with E-state index in [0.29, 0.717) is 6.41 Å². The third kappa shape index (κ3) is 2.59. The lowest BCUT2D eigenvalue weighted by Crippen LogP contribution is -2.33. The van der Waals surface area contributed by atoms with Crippen LogP contribution in [0.5, 0.6) is 5.75 Å². The molecule has 0 radical (unpaired) electrons. The summed E-state index contributed by atoms with van der Waals surface area (Å²) >= 11 is 0. The Balaban J connectivity index is 2.91. The largest absolute Gasteiger partial charge is 0.485 e. The second-order valence-corrected chi connectivity index (χ2v) is 4.89. The smallest absolute Gasteiger partial charge is 0.324 e. The molecule has 128 valence electrons. The highest BCUT2D eigenvalue weighted by Crippen LogP contribution is 2.50. The minimum absolute atomic E-state index is 0.0664. The molecule has 2 rings (SSSR count). The summed E-state index contributed by atoms with van der Waals surface area (Å²) in [4.78, 5) is 45.3. The van der Waals surface area contributed by atoms with Crippen molar-refractivity contribution in [1.82, 2.24) is 0 Å². The van der Waals surface area contributed by atoms with Gasteiger partial charge in [-0.2, -0.15) is 0 Å². The highest BCUT2D eigenvalue weighted by molar-refractivity contribution is 5.92. The fourth-order valence-electron chi connectivity index (χ4n) is 2.76. The number of carbonyl (C=O) groups is 2. The van der Waals surface area contributed by atoms with Crippen molar-refractivity contribution in [3.8, 4) is 5.75 Å². The summed E-state index contributed by atoms with van der Waals surface area (Å²) in [6, 6.07) is 0.991. The molecule has 1 heterocycles. The average Bonchev–Trinajstić information content (AvgIpc) is 2.57. The molecule has 0 saturated heterocycles. The van der Waals surface area contributed by atoms with Crippen LogP contribution < -0.4 is 9.64 Å². The van der Waals surface area contributed by atoms with Crippen LogP contribution in [-0.2, 0) is 14.3 Å². The molecule has 1 aliphatic rings. The van der Waals surface area contributed by atoms with E-state index in [4.69, 9.17) is 4.74 Å². The van der Waals surface area contributed by atoms with Gasteiger partial charge in [-0.25, -0.2) is 0 Å². The number of rotatable bonds is 5. The Hall–Kier alpha value is -3.24. The van der Waals surface area contributed by atoms with E-state index in [-0.39, 0.29) is 24.2 Å². The predicted molar refractivity (Wildman–Crippen MR) is 79.1 cm³/mol. The van der Waals surface area contributed by atoms with Crippen LogP contribution in [0.15, 0.2) is 6.07 Å². The van der Waals surface area contributed by atoms with Crippen molar-refractivity contribution >= 4 is 29.4 Å². The summed E-state index contributed by atoms with van der Waals surface area (Å²) in [5.41, 5.74) is -1.59. The highest BCUT2D eigenvalue weighted by Gasteiger charge is 2.43. The van der Waals surface area contributed by atoms with Gasteiger partial charge in [-0.05, 0) is 6.42 Å². The molecule has 1 aromatic carbocycles. The Bertz CT molecular complexity index is 732. The Morgan fingerprint density at radius 2 is 2.00 bits per heavy atom. The summed E-state index contributed by atoms with van der Waals surface area (Å²) in [5, 5.41) is 22.7. The molecule has 0 bridgehead atoms. The molecule has 0 aliphatic carbocycles. The van der Waals surface area contributed by atoms with Crippen molar-refractivity contribution in [3.05, 3.63) is 31.9 Å². The number of benzene rings is 1. The number of fused-ring (bicyclic) bond motifs is 1. The molecule has 0 spiro atoms. The standard InChI is InChI=1S/C13H13N3O8/c1-23-12-9(15(19)20)5-8-10(11(12)16(21)22)7(13(18)24-2)3-4-14(8)6-17/h5-7H,3-4H2,1-2H3. The van der Waals surface area contributed by atoms with Gasteiger partial charge in [0.25, 0.3) is 5.75 Å². The minimum Gasteiger partial charge on any atom is -0.485 e. The van der Waals surface area contributed by atoms with Gasteiger partial charge in [0.1, 0.15) is 0 Å². The number of esters is 1. The van der Waals surface area contributed by atoms with Crippen molar-refractivity contribution in [2.75, 3.05) is 25.7 Å². The molecule has 0 fully saturated rings. The van der Waals surface area contributed by atoms with Crippen LogP contribution in [0, 0.1) is 20.2 Å². The zero-order valence-corrected chi connectivity index (χ0v) is 12.8. The number of carbonyl (C=O) groups excluding carboxylic acids is 2. The van der Waals surface area contributed by atoms with Crippen LogP contribution in [-0.4, -0.2) is 43.0 Å². The molecule has 0 aromatic heterocycles. The zero-order chi connectivity index (χ0) is 18.0. The maximum absolute atomic E-state index is 12.0. The summed E-state index contributed by atoms with van der Waals surface area (Å²) in [6.07, 6.45) is 0.479. The van der Waals surface area contributed by atoms with Gasteiger partial charge in [0.05, 0.1) is 41.2 Å². The van der Waals surface area contributed by atoms with Crippen LogP contribution in [0.3, 0.4) is 0 Å². The van der Waals surface area contributed by atoms with E-state index in [1.54, 1.807) is 0 Å². The fraction of sp³-hybridized carbons (Fsp3) is 0.385. The molecular formula is C13H13N3O8. The number of nitro benzene ring substituents is 2. The van der Waals surface area contributed by atoms with Gasteiger partial charge < -0.3 is 14.4 Å². The molecule has 1 unspecified atom stereocenters. The highest BCUT2D eigenvalue weighted by atomic mass is 16.6. The Kier molecular flexibility index (Phi) is 4.62. The van der Waals surface area contributed by atoms with Crippen LogP contribution in [0.25, 0.3) is 0 Å². The second kappa shape index (κ2) is 6.48. The van der Waals surface area contributed by atoms with E-state index in [9.17, 15) is 29.8 Å². The van der Waals surface area contributed by atoms with Gasteiger partial charge >= 0.3 is 17.3 Å². The van der Waals surface area contributed by atoms with E-state index in [1.165, 1.54) is 0 Å². The Labute approximate surface area is 135 Å². The predicted octanol–water partition coefficient (Wildman–Crippen LogP) is 1.13. The van der Waals surface area contributed by atoms with Crippen LogP contribution in [0.1, 0.15) is 17.9 Å². The Morgan fingerprint density at radius 1 is 1.33 bits per heavy atom. The molecule has 1 amide bonds. The van der Waals surface area contributed by atoms with Gasteiger partial charge in [0.15, 0.2) is 0 Å². The minimum atomic E-state index is -1.03. The lowest BCUT2D eigenvalue weighted by atomic mass is 9.88. The maximum Gasteiger partial charge on any atom is 0.324 e. The first-order valence-corrected chi connectivity index (χ1v) is 6.70. The summed E-state index contributed by atoms with van der Waals surface area (Å²) < 4.78 is 9.51. The van der Waals surface area contributed by atoms with Gasteiger partial charge in [-0.15, -0.1) is 0 Å². The molecule has 1 aliphatic heterocycles. The third-order valence-electron chi connectivity index (χ3n) is 3.77. The number of amides is 1. The number of hydrogen-bond acceptors (Lipinski definition) is 8. The first-order valence-electron chi connectivity index (χ1n) is 6.70. The van der Waals surface area contributed by atoms with Gasteiger partial charge in [0.2, 0.25) is 6.41 Å². The van der Waals surface area contributed by atoms with Gasteiger partial charge in [-0.3, -0.25) is 29.8 Å². The molecule has 0 saturated carbocycles. The number of anilines is 1.